The number of amides is 2. The zero-order valence-electron chi connectivity index (χ0n) is 13.6. The maximum atomic E-state index is 12.7. The lowest BCUT2D eigenvalue weighted by atomic mass is 9.95. The zero-order valence-corrected chi connectivity index (χ0v) is 14.3. The lowest BCUT2D eigenvalue weighted by Gasteiger charge is -2.28. The molecular formula is C19H17ClN2O3. The number of benzene rings is 2. The number of esters is 1. The summed E-state index contributed by atoms with van der Waals surface area (Å²) < 4.78 is 5.43. The summed E-state index contributed by atoms with van der Waals surface area (Å²) in [6.45, 7) is 1.84. The third kappa shape index (κ3) is 4.00. The minimum atomic E-state index is -0.615. The van der Waals surface area contributed by atoms with E-state index >= 15 is 0 Å². The monoisotopic (exact) mass is 356 g/mol. The van der Waals surface area contributed by atoms with E-state index in [9.17, 15) is 9.59 Å². The van der Waals surface area contributed by atoms with E-state index in [2.05, 4.69) is 10.6 Å². The Balaban J connectivity index is 1.85. The quantitative estimate of drug-likeness (QED) is 0.820. The Bertz CT molecular complexity index is 834. The van der Waals surface area contributed by atoms with Gasteiger partial charge in [-0.1, -0.05) is 54.1 Å². The third-order valence-corrected chi connectivity index (χ3v) is 4.12. The number of urea groups is 1. The summed E-state index contributed by atoms with van der Waals surface area (Å²) in [5.41, 5.74) is 2.43. The van der Waals surface area contributed by atoms with Gasteiger partial charge in [0.25, 0.3) is 0 Å². The van der Waals surface area contributed by atoms with Crippen LogP contribution in [0.1, 0.15) is 24.1 Å². The van der Waals surface area contributed by atoms with E-state index in [1.54, 1.807) is 31.2 Å². The molecule has 1 heterocycles. The molecule has 1 aliphatic heterocycles. The molecule has 2 N–H and O–H groups in total. The van der Waals surface area contributed by atoms with Gasteiger partial charge in [-0.25, -0.2) is 9.59 Å². The average Bonchev–Trinajstić information content (AvgIpc) is 2.60. The molecule has 2 aromatic rings. The largest absolute Gasteiger partial charge is 0.457 e. The molecule has 0 aliphatic carbocycles. The molecule has 0 bridgehead atoms. The highest BCUT2D eigenvalue weighted by atomic mass is 35.5. The fraction of sp³-hybridized carbons (Fsp3) is 0.158. The van der Waals surface area contributed by atoms with Crippen LogP contribution < -0.4 is 10.6 Å². The Hall–Kier alpha value is -2.79. The van der Waals surface area contributed by atoms with Gasteiger partial charge in [0.2, 0.25) is 0 Å². The molecule has 0 saturated heterocycles. The van der Waals surface area contributed by atoms with Crippen molar-refractivity contribution in [3.05, 3.63) is 82.0 Å². The van der Waals surface area contributed by atoms with Crippen LogP contribution in [0.15, 0.2) is 65.9 Å². The van der Waals surface area contributed by atoms with Gasteiger partial charge in [-0.3, -0.25) is 0 Å². The van der Waals surface area contributed by atoms with E-state index < -0.39 is 12.0 Å². The molecule has 2 amide bonds. The Labute approximate surface area is 150 Å². The Morgan fingerprint density at radius 3 is 2.64 bits per heavy atom. The van der Waals surface area contributed by atoms with Crippen molar-refractivity contribution in [2.45, 2.75) is 19.6 Å². The van der Waals surface area contributed by atoms with Gasteiger partial charge < -0.3 is 15.4 Å². The second kappa shape index (κ2) is 7.40. The van der Waals surface area contributed by atoms with Gasteiger partial charge in [0.05, 0.1) is 11.6 Å². The Morgan fingerprint density at radius 1 is 1.16 bits per heavy atom. The fourth-order valence-corrected chi connectivity index (χ4v) is 2.90. The summed E-state index contributed by atoms with van der Waals surface area (Å²) >= 11 is 6.04. The van der Waals surface area contributed by atoms with Crippen molar-refractivity contribution in [1.82, 2.24) is 10.6 Å². The van der Waals surface area contributed by atoms with Crippen molar-refractivity contribution in [3.8, 4) is 0 Å². The lowest BCUT2D eigenvalue weighted by molar-refractivity contribution is -0.140. The van der Waals surface area contributed by atoms with Crippen molar-refractivity contribution in [1.29, 1.82) is 0 Å². The molecule has 0 unspecified atom stereocenters. The van der Waals surface area contributed by atoms with Crippen LogP contribution in [0.2, 0.25) is 5.02 Å². The van der Waals surface area contributed by atoms with Crippen LogP contribution in [0, 0.1) is 0 Å². The van der Waals surface area contributed by atoms with E-state index in [-0.39, 0.29) is 12.6 Å². The van der Waals surface area contributed by atoms with Crippen molar-refractivity contribution in [2.75, 3.05) is 0 Å². The summed E-state index contributed by atoms with van der Waals surface area (Å²) in [5.74, 6) is -0.487. The first-order valence-electron chi connectivity index (χ1n) is 7.79. The molecule has 25 heavy (non-hydrogen) atoms. The van der Waals surface area contributed by atoms with Crippen LogP contribution in [0.4, 0.5) is 4.79 Å². The van der Waals surface area contributed by atoms with Crippen LogP contribution in [0.3, 0.4) is 0 Å². The molecule has 128 valence electrons. The topological polar surface area (TPSA) is 67.4 Å². The van der Waals surface area contributed by atoms with Crippen LogP contribution in [-0.4, -0.2) is 12.0 Å². The minimum absolute atomic E-state index is 0.159. The summed E-state index contributed by atoms with van der Waals surface area (Å²) in [4.78, 5) is 24.5. The first kappa shape index (κ1) is 17.0. The number of ether oxygens (including phenoxy) is 1. The predicted octanol–water partition coefficient (Wildman–Crippen LogP) is 3.71. The number of nitrogens with one attached hydrogen (secondary N) is 2. The second-order valence-corrected chi connectivity index (χ2v) is 6.12. The molecule has 0 fully saturated rings. The zero-order chi connectivity index (χ0) is 17.8. The van der Waals surface area contributed by atoms with E-state index in [0.717, 1.165) is 5.56 Å². The van der Waals surface area contributed by atoms with Crippen molar-refractivity contribution in [2.24, 2.45) is 0 Å². The molecule has 0 saturated carbocycles. The molecule has 0 radical (unpaired) electrons. The standard InChI is InChI=1S/C19H17ClN2O3/c1-12-16(18(23)25-11-13-6-3-2-4-7-13)17(22-19(24)21-12)14-8-5-9-15(20)10-14/h2-10,17H,11H2,1H3,(H2,21,22,24)/t17-/m0/s1. The van der Waals surface area contributed by atoms with Gasteiger partial charge in [-0.2, -0.15) is 0 Å². The molecule has 0 aromatic heterocycles. The molecule has 1 atom stereocenters. The number of carbonyl (C=O) groups is 2. The highest BCUT2D eigenvalue weighted by Gasteiger charge is 2.32. The highest BCUT2D eigenvalue weighted by molar-refractivity contribution is 6.30. The average molecular weight is 357 g/mol. The normalized spacial score (nSPS) is 16.9. The van der Waals surface area contributed by atoms with Crippen molar-refractivity contribution in [3.63, 3.8) is 0 Å². The second-order valence-electron chi connectivity index (χ2n) is 5.69. The van der Waals surface area contributed by atoms with Crippen LogP contribution in [0.25, 0.3) is 0 Å². The molecule has 1 aliphatic rings. The third-order valence-electron chi connectivity index (χ3n) is 3.88. The van der Waals surface area contributed by atoms with Gasteiger partial charge in [0.15, 0.2) is 0 Å². The fourth-order valence-electron chi connectivity index (χ4n) is 2.70. The van der Waals surface area contributed by atoms with E-state index in [0.29, 0.717) is 21.9 Å². The molecule has 3 rings (SSSR count). The lowest BCUT2D eigenvalue weighted by Crippen LogP contribution is -2.45. The van der Waals surface area contributed by atoms with E-state index in [4.69, 9.17) is 16.3 Å². The molecule has 5 nitrogen and oxygen atoms in total. The highest BCUT2D eigenvalue weighted by Crippen LogP contribution is 2.29. The van der Waals surface area contributed by atoms with Crippen LogP contribution in [-0.2, 0) is 16.1 Å². The smallest absolute Gasteiger partial charge is 0.338 e. The molecule has 0 spiro atoms. The van der Waals surface area contributed by atoms with Gasteiger partial charge in [-0.15, -0.1) is 0 Å². The minimum Gasteiger partial charge on any atom is -0.457 e. The molecule has 6 heteroatoms. The van der Waals surface area contributed by atoms with Gasteiger partial charge in [0, 0.05) is 10.7 Å². The number of hydrogen-bond donors (Lipinski definition) is 2. The summed E-state index contributed by atoms with van der Waals surface area (Å²) in [5, 5.41) is 5.90. The SMILES string of the molecule is CC1=C(C(=O)OCc2ccccc2)[C@H](c2cccc(Cl)c2)NC(=O)N1. The first-order chi connectivity index (χ1) is 12.0. The number of rotatable bonds is 4. The van der Waals surface area contributed by atoms with Crippen LogP contribution in [0.5, 0.6) is 0 Å². The van der Waals surface area contributed by atoms with Gasteiger partial charge in [0.1, 0.15) is 6.61 Å². The van der Waals surface area contributed by atoms with E-state index in [1.807, 2.05) is 30.3 Å². The van der Waals surface area contributed by atoms with E-state index in [1.165, 1.54) is 0 Å². The molecular weight excluding hydrogens is 340 g/mol. The number of hydrogen-bond acceptors (Lipinski definition) is 3. The van der Waals surface area contributed by atoms with Gasteiger partial charge in [-0.05, 0) is 30.2 Å². The Kier molecular flexibility index (Phi) is 5.05. The first-order valence-corrected chi connectivity index (χ1v) is 8.17. The van der Waals surface area contributed by atoms with Gasteiger partial charge >= 0.3 is 12.0 Å². The number of carbonyl (C=O) groups excluding carboxylic acids is 2. The summed E-state index contributed by atoms with van der Waals surface area (Å²) in [7, 11) is 0. The summed E-state index contributed by atoms with van der Waals surface area (Å²) in [6, 6.07) is 15.5. The molecule has 2 aromatic carbocycles. The maximum absolute atomic E-state index is 12.7. The predicted molar refractivity (Wildman–Crippen MR) is 94.8 cm³/mol. The maximum Gasteiger partial charge on any atom is 0.338 e. The Morgan fingerprint density at radius 2 is 1.92 bits per heavy atom. The number of allylic oxidation sites excluding steroid dienone is 1. The van der Waals surface area contributed by atoms with Crippen LogP contribution >= 0.6 is 11.6 Å². The number of halogens is 1. The summed E-state index contributed by atoms with van der Waals surface area (Å²) in [6.07, 6.45) is 0. The van der Waals surface area contributed by atoms with Crippen molar-refractivity contribution < 1.29 is 14.3 Å². The van der Waals surface area contributed by atoms with Crippen molar-refractivity contribution >= 4 is 23.6 Å².